The number of allylic oxidation sites excluding steroid dienone is 2. The van der Waals surface area contributed by atoms with E-state index >= 15 is 0 Å². The van der Waals surface area contributed by atoms with Crippen molar-refractivity contribution >= 4 is 11.6 Å². The highest BCUT2D eigenvalue weighted by Crippen LogP contribution is 2.36. The highest BCUT2D eigenvalue weighted by atomic mass is 16.5. The summed E-state index contributed by atoms with van der Waals surface area (Å²) in [6.45, 7) is 6.64. The Morgan fingerprint density at radius 2 is 1.76 bits per heavy atom. The number of amides is 1. The minimum absolute atomic E-state index is 0.125. The number of anilines is 1. The zero-order chi connectivity index (χ0) is 23.4. The summed E-state index contributed by atoms with van der Waals surface area (Å²) in [5.41, 5.74) is 8.36. The van der Waals surface area contributed by atoms with Crippen LogP contribution in [0.1, 0.15) is 49.7 Å². The Morgan fingerprint density at radius 1 is 1.09 bits per heavy atom. The maximum atomic E-state index is 13.1. The molecule has 2 aromatic rings. The van der Waals surface area contributed by atoms with Gasteiger partial charge in [-0.25, -0.2) is 0 Å². The van der Waals surface area contributed by atoms with Crippen molar-refractivity contribution in [2.24, 2.45) is 5.73 Å². The lowest BCUT2D eigenvalue weighted by Gasteiger charge is -2.35. The number of rotatable bonds is 6. The predicted octanol–water partition coefficient (Wildman–Crippen LogP) is 4.83. The van der Waals surface area contributed by atoms with E-state index in [0.717, 1.165) is 42.9 Å². The van der Waals surface area contributed by atoms with Crippen molar-refractivity contribution in [2.45, 2.75) is 50.1 Å². The van der Waals surface area contributed by atoms with Gasteiger partial charge in [0.2, 0.25) is 0 Å². The number of likely N-dealkylation sites (tertiary alicyclic amines) is 1. The summed E-state index contributed by atoms with van der Waals surface area (Å²) in [5.74, 6) is 1.17. The lowest BCUT2D eigenvalue weighted by atomic mass is 9.86. The zero-order valence-electron chi connectivity index (χ0n) is 19.8. The Kier molecular flexibility index (Phi) is 7.01. The molecular formula is C28H35N3O2. The van der Waals surface area contributed by atoms with Crippen LogP contribution in [0.3, 0.4) is 0 Å². The largest absolute Gasteiger partial charge is 0.496 e. The number of methoxy groups -OCH3 is 1. The third-order valence-corrected chi connectivity index (χ3v) is 6.92. The third-order valence-electron chi connectivity index (χ3n) is 6.92. The summed E-state index contributed by atoms with van der Waals surface area (Å²) < 4.78 is 5.65. The van der Waals surface area contributed by atoms with Crippen LogP contribution in [-0.2, 0) is 4.79 Å². The molecule has 0 aromatic heterocycles. The van der Waals surface area contributed by atoms with Gasteiger partial charge < -0.3 is 20.7 Å². The van der Waals surface area contributed by atoms with E-state index in [1.54, 1.807) is 19.3 Å². The lowest BCUT2D eigenvalue weighted by molar-refractivity contribution is -0.118. The number of nitrogens with two attached hydrogens (primary N) is 1. The fourth-order valence-electron chi connectivity index (χ4n) is 4.79. The van der Waals surface area contributed by atoms with Gasteiger partial charge in [0.25, 0.3) is 5.91 Å². The molecule has 0 spiro atoms. The van der Waals surface area contributed by atoms with Gasteiger partial charge in [-0.2, -0.15) is 0 Å². The molecule has 1 aliphatic heterocycles. The van der Waals surface area contributed by atoms with E-state index in [2.05, 4.69) is 42.3 Å². The molecule has 1 fully saturated rings. The quantitative estimate of drug-likeness (QED) is 0.625. The molecule has 0 radical (unpaired) electrons. The summed E-state index contributed by atoms with van der Waals surface area (Å²) in [7, 11) is 1.70. The zero-order valence-corrected chi connectivity index (χ0v) is 19.8. The second kappa shape index (κ2) is 9.94. The van der Waals surface area contributed by atoms with Gasteiger partial charge in [-0.1, -0.05) is 54.6 Å². The molecule has 1 saturated heterocycles. The Morgan fingerprint density at radius 3 is 2.36 bits per heavy atom. The molecule has 0 bridgehead atoms. The number of carbonyl (C=O) groups excluding carboxylic acids is 1. The second-order valence-corrected chi connectivity index (χ2v) is 9.40. The molecular weight excluding hydrogens is 410 g/mol. The van der Waals surface area contributed by atoms with E-state index < -0.39 is 5.54 Å². The highest BCUT2D eigenvalue weighted by molar-refractivity contribution is 6.01. The second-order valence-electron chi connectivity index (χ2n) is 9.40. The van der Waals surface area contributed by atoms with E-state index in [4.69, 9.17) is 10.5 Å². The minimum Gasteiger partial charge on any atom is -0.496 e. The molecule has 1 aliphatic carbocycles. The number of nitrogens with one attached hydrogen (secondary N) is 1. The normalized spacial score (nSPS) is 23.6. The van der Waals surface area contributed by atoms with E-state index in [1.165, 1.54) is 5.56 Å². The van der Waals surface area contributed by atoms with Gasteiger partial charge in [-0.05, 0) is 75.0 Å². The summed E-state index contributed by atoms with van der Waals surface area (Å²) in [5, 5.41) is 3.03. The van der Waals surface area contributed by atoms with Crippen molar-refractivity contribution in [2.75, 3.05) is 25.5 Å². The molecule has 5 nitrogen and oxygen atoms in total. The van der Waals surface area contributed by atoms with E-state index in [-0.39, 0.29) is 11.8 Å². The topological polar surface area (TPSA) is 67.6 Å². The monoisotopic (exact) mass is 445 g/mol. The number of hydrogen-bond donors (Lipinski definition) is 2. The molecule has 5 heteroatoms. The fraction of sp³-hybridized carbons (Fsp3) is 0.393. The molecule has 0 unspecified atom stereocenters. The Bertz CT molecular complexity index is 1010. The molecule has 2 aromatic carbocycles. The van der Waals surface area contributed by atoms with Crippen molar-refractivity contribution in [1.82, 2.24) is 4.90 Å². The first-order valence-electron chi connectivity index (χ1n) is 11.9. The van der Waals surface area contributed by atoms with Crippen molar-refractivity contribution in [3.63, 3.8) is 0 Å². The smallest absolute Gasteiger partial charge is 0.252 e. The van der Waals surface area contributed by atoms with Crippen molar-refractivity contribution in [1.29, 1.82) is 0 Å². The van der Waals surface area contributed by atoms with E-state index in [1.807, 2.05) is 42.5 Å². The van der Waals surface area contributed by atoms with Crippen molar-refractivity contribution in [3.05, 3.63) is 84.0 Å². The van der Waals surface area contributed by atoms with Crippen LogP contribution in [0, 0.1) is 0 Å². The molecule has 3 N–H and O–H groups in total. The van der Waals surface area contributed by atoms with Crippen LogP contribution in [0.5, 0.6) is 5.75 Å². The summed E-state index contributed by atoms with van der Waals surface area (Å²) in [4.78, 5) is 15.6. The molecule has 4 rings (SSSR count). The minimum atomic E-state index is -1.17. The molecule has 33 heavy (non-hydrogen) atoms. The molecule has 0 atom stereocenters. The van der Waals surface area contributed by atoms with Gasteiger partial charge in [0.1, 0.15) is 11.3 Å². The van der Waals surface area contributed by atoms with Gasteiger partial charge in [-0.3, -0.25) is 4.79 Å². The number of ether oxygens (including phenoxy) is 1. The van der Waals surface area contributed by atoms with Gasteiger partial charge in [-0.15, -0.1) is 0 Å². The number of nitrogens with zero attached hydrogens (tertiary/aromatic N) is 1. The van der Waals surface area contributed by atoms with Crippen LogP contribution in [0.25, 0.3) is 0 Å². The Labute approximate surface area is 197 Å². The van der Waals surface area contributed by atoms with Crippen molar-refractivity contribution in [3.8, 4) is 5.75 Å². The van der Waals surface area contributed by atoms with Gasteiger partial charge in [0, 0.05) is 17.6 Å². The average molecular weight is 446 g/mol. The van der Waals surface area contributed by atoms with E-state index in [9.17, 15) is 4.79 Å². The average Bonchev–Trinajstić information content (AvgIpc) is 2.85. The Balaban J connectivity index is 1.46. The number of carbonyl (C=O) groups is 1. The number of hydrogen-bond acceptors (Lipinski definition) is 4. The SMILES string of the molecule is COc1ccc(NC(=O)C2(N)C=CC(c3ccccc3)C=C2)cc1C1CCN(C(C)C)CC1. The van der Waals surface area contributed by atoms with Crippen LogP contribution in [0.4, 0.5) is 5.69 Å². The summed E-state index contributed by atoms with van der Waals surface area (Å²) >= 11 is 0. The predicted molar refractivity (Wildman–Crippen MR) is 135 cm³/mol. The maximum Gasteiger partial charge on any atom is 0.252 e. The molecule has 1 heterocycles. The van der Waals surface area contributed by atoms with Crippen LogP contribution >= 0.6 is 0 Å². The molecule has 1 amide bonds. The summed E-state index contributed by atoms with van der Waals surface area (Å²) in [6, 6.07) is 16.6. The molecule has 174 valence electrons. The first kappa shape index (κ1) is 23.3. The van der Waals surface area contributed by atoms with Crippen LogP contribution in [0.2, 0.25) is 0 Å². The van der Waals surface area contributed by atoms with Crippen LogP contribution in [0.15, 0.2) is 72.8 Å². The van der Waals surface area contributed by atoms with Gasteiger partial charge in [0.05, 0.1) is 7.11 Å². The fourth-order valence-corrected chi connectivity index (χ4v) is 4.79. The molecule has 2 aliphatic rings. The van der Waals surface area contributed by atoms with Gasteiger partial charge in [0.15, 0.2) is 0 Å². The van der Waals surface area contributed by atoms with Crippen molar-refractivity contribution < 1.29 is 9.53 Å². The third kappa shape index (κ3) is 5.21. The number of benzene rings is 2. The van der Waals surface area contributed by atoms with Gasteiger partial charge >= 0.3 is 0 Å². The first-order chi connectivity index (χ1) is 15.9. The first-order valence-corrected chi connectivity index (χ1v) is 11.9. The standard InChI is InChI=1S/C28H35N3O2/c1-20(2)31-17-13-23(14-18-31)25-19-24(9-10-26(25)33-3)30-27(32)28(29)15-11-22(12-16-28)21-7-5-4-6-8-21/h4-12,15-16,19-20,22-23H,13-14,17-18,29H2,1-3H3,(H,30,32). The summed E-state index contributed by atoms with van der Waals surface area (Å²) in [6.07, 6.45) is 9.75. The van der Waals surface area contributed by atoms with Crippen LogP contribution < -0.4 is 15.8 Å². The van der Waals surface area contributed by atoms with Crippen LogP contribution in [-0.4, -0.2) is 42.6 Å². The maximum absolute atomic E-state index is 13.1. The Hall–Kier alpha value is -2.89. The lowest BCUT2D eigenvalue weighted by Crippen LogP contribution is -2.48. The van der Waals surface area contributed by atoms with E-state index in [0.29, 0.717) is 12.0 Å². The highest BCUT2D eigenvalue weighted by Gasteiger charge is 2.31. The number of piperidine rings is 1. The molecule has 0 saturated carbocycles.